The highest BCUT2D eigenvalue weighted by atomic mass is 17.4. The minimum atomic E-state index is -0.900. The molecule has 0 aromatic heterocycles. The maximum absolute atomic E-state index is 9.69. The van der Waals surface area contributed by atoms with Gasteiger partial charge in [-0.05, 0) is 0 Å². The zero-order valence-electron chi connectivity index (χ0n) is 3.46. The van der Waals surface area contributed by atoms with Gasteiger partial charge in [-0.1, -0.05) is 0 Å². The molecule has 1 N–H and O–H groups in total. The Kier molecular flexibility index (Phi) is 0.958. The normalized spacial score (nSPS) is 19.4. The maximum Gasteiger partial charge on any atom is 0.308 e. The Morgan fingerprint density at radius 3 is 2.43 bits per heavy atom. The highest BCUT2D eigenvalue weighted by Crippen LogP contribution is 2.14. The Morgan fingerprint density at radius 2 is 2.29 bits per heavy atom. The van der Waals surface area contributed by atoms with Gasteiger partial charge in [-0.3, -0.25) is 4.79 Å². The molecule has 0 aromatic carbocycles. The van der Waals surface area contributed by atoms with Gasteiger partial charge in [0.05, 0.1) is 0 Å². The average molecular weight is 104 g/mol. The number of aliphatic carboxylic acids is 1. The zero-order valence-corrected chi connectivity index (χ0v) is 3.46. The minimum Gasteiger partial charge on any atom is -0.481 e. The van der Waals surface area contributed by atoms with Crippen molar-refractivity contribution in [1.82, 2.24) is 0 Å². The number of carboxylic acids is 1. The second-order valence-electron chi connectivity index (χ2n) is 1.22. The summed E-state index contributed by atoms with van der Waals surface area (Å²) < 4.78 is 0. The van der Waals surface area contributed by atoms with Crippen LogP contribution in [0.5, 0.6) is 0 Å². The second kappa shape index (κ2) is 1.48. The van der Waals surface area contributed by atoms with Gasteiger partial charge in [-0.15, -0.1) is 0 Å². The predicted octanol–water partition coefficient (Wildman–Crippen LogP) is -0.251. The minimum absolute atomic E-state index is 0.0556. The first kappa shape index (κ1) is 4.55. The van der Waals surface area contributed by atoms with E-state index in [1.165, 1.54) is 0 Å². The standard InChI is InChI=1S/C3H4O4/c4-2(5)1-3-6-7-3/h3H,1H2,(H,4,5). The van der Waals surface area contributed by atoms with Crippen LogP contribution in [0.4, 0.5) is 0 Å². The van der Waals surface area contributed by atoms with Gasteiger partial charge in [-0.25, -0.2) is 0 Å². The molecule has 1 aliphatic rings. The molecule has 0 aromatic rings. The molecule has 4 heteroatoms. The van der Waals surface area contributed by atoms with Crippen molar-refractivity contribution in [1.29, 1.82) is 0 Å². The second-order valence-corrected chi connectivity index (χ2v) is 1.22. The smallest absolute Gasteiger partial charge is 0.308 e. The number of hydrogen-bond donors (Lipinski definition) is 1. The van der Waals surface area contributed by atoms with Crippen LogP contribution in [0.3, 0.4) is 0 Å². The third-order valence-electron chi connectivity index (χ3n) is 0.574. The summed E-state index contributed by atoms with van der Waals surface area (Å²) >= 11 is 0. The molecule has 0 aliphatic carbocycles. The zero-order chi connectivity index (χ0) is 5.28. The number of hydrogen-bond acceptors (Lipinski definition) is 3. The van der Waals surface area contributed by atoms with E-state index >= 15 is 0 Å². The van der Waals surface area contributed by atoms with Crippen LogP contribution in [-0.2, 0) is 14.6 Å². The van der Waals surface area contributed by atoms with Gasteiger partial charge >= 0.3 is 5.97 Å². The summed E-state index contributed by atoms with van der Waals surface area (Å²) in [6.07, 6.45) is -0.530. The fraction of sp³-hybridized carbons (Fsp3) is 0.667. The van der Waals surface area contributed by atoms with E-state index in [9.17, 15) is 4.79 Å². The van der Waals surface area contributed by atoms with E-state index in [0.29, 0.717) is 0 Å². The van der Waals surface area contributed by atoms with E-state index in [2.05, 4.69) is 9.78 Å². The first-order valence-electron chi connectivity index (χ1n) is 1.83. The summed E-state index contributed by atoms with van der Waals surface area (Å²) in [5, 5.41) is 7.96. The first-order valence-corrected chi connectivity index (χ1v) is 1.83. The molecule has 0 saturated carbocycles. The van der Waals surface area contributed by atoms with Crippen molar-refractivity contribution >= 4 is 5.97 Å². The molecule has 0 amide bonds. The largest absolute Gasteiger partial charge is 0.481 e. The van der Waals surface area contributed by atoms with Crippen LogP contribution in [0.25, 0.3) is 0 Å². The lowest BCUT2D eigenvalue weighted by molar-refractivity contribution is -0.137. The number of rotatable bonds is 2. The van der Waals surface area contributed by atoms with Crippen LogP contribution in [0, 0.1) is 0 Å². The molecule has 0 spiro atoms. The Bertz CT molecular complexity index is 84.9. The molecule has 0 bridgehead atoms. The van der Waals surface area contributed by atoms with E-state index in [0.717, 1.165) is 0 Å². The molecule has 1 heterocycles. The molecular formula is C3H4O4. The summed E-state index contributed by atoms with van der Waals surface area (Å²) in [7, 11) is 0. The summed E-state index contributed by atoms with van der Waals surface area (Å²) in [6, 6.07) is 0. The van der Waals surface area contributed by atoms with Gasteiger partial charge in [0.2, 0.25) is 6.29 Å². The fourth-order valence-electron chi connectivity index (χ4n) is 0.250. The van der Waals surface area contributed by atoms with Crippen molar-refractivity contribution in [2.24, 2.45) is 0 Å². The van der Waals surface area contributed by atoms with E-state index < -0.39 is 12.3 Å². The lowest BCUT2D eigenvalue weighted by Gasteiger charge is -1.76. The molecule has 40 valence electrons. The molecule has 1 aliphatic heterocycles. The SMILES string of the molecule is O=C(O)CC1OO1. The van der Waals surface area contributed by atoms with Crippen molar-refractivity contribution < 1.29 is 19.7 Å². The topological polar surface area (TPSA) is 62.4 Å². The monoisotopic (exact) mass is 104 g/mol. The number of carbonyl (C=O) groups is 1. The first-order chi connectivity index (χ1) is 3.29. The van der Waals surface area contributed by atoms with Crippen molar-refractivity contribution in [3.05, 3.63) is 0 Å². The molecule has 1 fully saturated rings. The fourth-order valence-corrected chi connectivity index (χ4v) is 0.250. The Balaban J connectivity index is 2.08. The molecule has 4 nitrogen and oxygen atoms in total. The van der Waals surface area contributed by atoms with E-state index in [4.69, 9.17) is 5.11 Å². The highest BCUT2D eigenvalue weighted by Gasteiger charge is 2.28. The van der Waals surface area contributed by atoms with Gasteiger partial charge in [0.25, 0.3) is 0 Å². The third kappa shape index (κ3) is 1.52. The van der Waals surface area contributed by atoms with Crippen LogP contribution in [0.2, 0.25) is 0 Å². The third-order valence-corrected chi connectivity index (χ3v) is 0.574. The molecular weight excluding hydrogens is 100 g/mol. The van der Waals surface area contributed by atoms with Gasteiger partial charge in [0, 0.05) is 0 Å². The Morgan fingerprint density at radius 1 is 1.71 bits per heavy atom. The number of carboxylic acid groups (broad SMARTS) is 1. The molecule has 0 atom stereocenters. The van der Waals surface area contributed by atoms with Crippen molar-refractivity contribution in [3.8, 4) is 0 Å². The molecule has 7 heavy (non-hydrogen) atoms. The van der Waals surface area contributed by atoms with E-state index in [1.54, 1.807) is 0 Å². The van der Waals surface area contributed by atoms with Crippen LogP contribution >= 0.6 is 0 Å². The van der Waals surface area contributed by atoms with Gasteiger partial charge in [-0.2, -0.15) is 9.78 Å². The van der Waals surface area contributed by atoms with Crippen LogP contribution in [0.1, 0.15) is 6.42 Å². The van der Waals surface area contributed by atoms with Crippen molar-refractivity contribution in [2.45, 2.75) is 12.7 Å². The van der Waals surface area contributed by atoms with E-state index in [1.807, 2.05) is 0 Å². The lowest BCUT2D eigenvalue weighted by Crippen LogP contribution is -1.98. The lowest BCUT2D eigenvalue weighted by atomic mass is 10.4. The molecule has 0 unspecified atom stereocenters. The highest BCUT2D eigenvalue weighted by molar-refractivity contribution is 5.67. The Labute approximate surface area is 39.6 Å². The van der Waals surface area contributed by atoms with Crippen LogP contribution in [0.15, 0.2) is 0 Å². The van der Waals surface area contributed by atoms with Gasteiger partial charge < -0.3 is 5.11 Å². The molecule has 1 saturated heterocycles. The van der Waals surface area contributed by atoms with Crippen molar-refractivity contribution in [3.63, 3.8) is 0 Å². The summed E-state index contributed by atoms with van der Waals surface area (Å²) in [6.45, 7) is 0. The van der Waals surface area contributed by atoms with Crippen LogP contribution in [-0.4, -0.2) is 17.4 Å². The van der Waals surface area contributed by atoms with Crippen molar-refractivity contribution in [2.75, 3.05) is 0 Å². The summed E-state index contributed by atoms with van der Waals surface area (Å²) in [5.41, 5.74) is 0. The predicted molar refractivity (Wildman–Crippen MR) is 18.2 cm³/mol. The average Bonchev–Trinajstić information content (AvgIpc) is 2.17. The molecule has 0 radical (unpaired) electrons. The van der Waals surface area contributed by atoms with E-state index in [-0.39, 0.29) is 6.42 Å². The van der Waals surface area contributed by atoms with Crippen LogP contribution < -0.4 is 0 Å². The molecule has 1 rings (SSSR count). The Hall–Kier alpha value is -0.610. The quantitative estimate of drug-likeness (QED) is 0.387. The summed E-state index contributed by atoms with van der Waals surface area (Å²) in [4.78, 5) is 18.0. The maximum atomic E-state index is 9.69. The van der Waals surface area contributed by atoms with Gasteiger partial charge in [0.1, 0.15) is 6.42 Å². The summed E-state index contributed by atoms with van der Waals surface area (Å²) in [5.74, 6) is -0.900. The van der Waals surface area contributed by atoms with Gasteiger partial charge in [0.15, 0.2) is 0 Å².